The molecule has 0 saturated heterocycles. The van der Waals surface area contributed by atoms with Crippen LogP contribution in [0.1, 0.15) is 37.8 Å². The first-order valence-corrected chi connectivity index (χ1v) is 7.57. The third-order valence-electron chi connectivity index (χ3n) is 4.32. The molecule has 0 atom stereocenters. The van der Waals surface area contributed by atoms with Gasteiger partial charge in [0.05, 0.1) is 6.61 Å². The van der Waals surface area contributed by atoms with Crippen LogP contribution in [0.5, 0.6) is 5.75 Å². The van der Waals surface area contributed by atoms with Crippen LogP contribution in [0.3, 0.4) is 0 Å². The van der Waals surface area contributed by atoms with E-state index in [0.29, 0.717) is 0 Å². The van der Waals surface area contributed by atoms with Crippen LogP contribution < -0.4 is 10.5 Å². The fraction of sp³-hybridized carbons (Fsp3) is 0.600. The molecule has 0 amide bonds. The fourth-order valence-electron chi connectivity index (χ4n) is 2.74. The van der Waals surface area contributed by atoms with E-state index in [4.69, 9.17) is 10.5 Å². The monoisotopic (exact) mass is 311 g/mol. The van der Waals surface area contributed by atoms with Gasteiger partial charge in [-0.3, -0.25) is 0 Å². The smallest absolute Gasteiger partial charge is 0.125 e. The molecule has 0 bridgehead atoms. The summed E-state index contributed by atoms with van der Waals surface area (Å²) in [7, 11) is 0. The highest BCUT2D eigenvalue weighted by atomic mass is 79.9. The van der Waals surface area contributed by atoms with Gasteiger partial charge in [-0.05, 0) is 54.5 Å². The van der Waals surface area contributed by atoms with Gasteiger partial charge >= 0.3 is 0 Å². The molecule has 0 saturated carbocycles. The summed E-state index contributed by atoms with van der Waals surface area (Å²) in [5.74, 6) is 1.11. The summed E-state index contributed by atoms with van der Waals surface area (Å²) in [5, 5.41) is 0. The van der Waals surface area contributed by atoms with E-state index in [1.165, 1.54) is 11.1 Å². The Bertz CT molecular complexity index is 418. The molecule has 18 heavy (non-hydrogen) atoms. The minimum absolute atomic E-state index is 0.209. The Labute approximate surface area is 118 Å². The van der Waals surface area contributed by atoms with Gasteiger partial charge in [-0.1, -0.05) is 29.8 Å². The van der Waals surface area contributed by atoms with E-state index in [2.05, 4.69) is 41.9 Å². The van der Waals surface area contributed by atoms with Crippen molar-refractivity contribution < 1.29 is 4.74 Å². The molecule has 0 fully saturated rings. The average Bonchev–Trinajstić information content (AvgIpc) is 2.84. The van der Waals surface area contributed by atoms with Crippen molar-refractivity contribution in [2.45, 2.75) is 39.5 Å². The maximum absolute atomic E-state index is 6.01. The zero-order valence-corrected chi connectivity index (χ0v) is 12.8. The Morgan fingerprint density at radius 2 is 2.06 bits per heavy atom. The summed E-state index contributed by atoms with van der Waals surface area (Å²) in [6.45, 7) is 6.01. The number of benzene rings is 1. The molecule has 0 unspecified atom stereocenters. The van der Waals surface area contributed by atoms with E-state index < -0.39 is 0 Å². The number of ether oxygens (including phenoxy) is 1. The molecule has 1 aliphatic heterocycles. The van der Waals surface area contributed by atoms with Gasteiger partial charge in [0, 0.05) is 10.9 Å². The van der Waals surface area contributed by atoms with Crippen LogP contribution in [0.2, 0.25) is 0 Å². The highest BCUT2D eigenvalue weighted by Gasteiger charge is 2.28. The van der Waals surface area contributed by atoms with Crippen LogP contribution in [-0.4, -0.2) is 13.2 Å². The van der Waals surface area contributed by atoms with Crippen LogP contribution in [0.15, 0.2) is 16.6 Å². The Kier molecular flexibility index (Phi) is 4.33. The van der Waals surface area contributed by atoms with Gasteiger partial charge in [-0.2, -0.15) is 0 Å². The van der Waals surface area contributed by atoms with E-state index >= 15 is 0 Å². The molecule has 2 nitrogen and oxygen atoms in total. The minimum Gasteiger partial charge on any atom is -0.493 e. The summed E-state index contributed by atoms with van der Waals surface area (Å²) in [5.41, 5.74) is 8.86. The molecule has 2 rings (SSSR count). The standard InChI is InChI=1S/C15H22BrNO/c1-3-15(4-2,10-17)9-12-8-13(16)7-11-5-6-18-14(11)12/h7-8H,3-6,9-10,17H2,1-2H3. The van der Waals surface area contributed by atoms with Crippen LogP contribution in [0, 0.1) is 5.41 Å². The summed E-state index contributed by atoms with van der Waals surface area (Å²) < 4.78 is 6.95. The second kappa shape index (κ2) is 5.62. The number of halogens is 1. The lowest BCUT2D eigenvalue weighted by atomic mass is 9.76. The SMILES string of the molecule is CCC(CC)(CN)Cc1cc(Br)cc2c1OCC2. The highest BCUT2D eigenvalue weighted by molar-refractivity contribution is 9.10. The maximum Gasteiger partial charge on any atom is 0.125 e. The Morgan fingerprint density at radius 3 is 2.67 bits per heavy atom. The van der Waals surface area contributed by atoms with Crippen molar-refractivity contribution in [3.63, 3.8) is 0 Å². The maximum atomic E-state index is 6.01. The van der Waals surface area contributed by atoms with Crippen molar-refractivity contribution in [3.05, 3.63) is 27.7 Å². The number of hydrogen-bond acceptors (Lipinski definition) is 2. The van der Waals surface area contributed by atoms with Crippen molar-refractivity contribution >= 4 is 15.9 Å². The van der Waals surface area contributed by atoms with Crippen molar-refractivity contribution in [3.8, 4) is 5.75 Å². The first-order valence-electron chi connectivity index (χ1n) is 6.78. The predicted molar refractivity (Wildman–Crippen MR) is 79.1 cm³/mol. The van der Waals surface area contributed by atoms with Crippen LogP contribution in [0.25, 0.3) is 0 Å². The van der Waals surface area contributed by atoms with Crippen molar-refractivity contribution in [1.29, 1.82) is 0 Å². The largest absolute Gasteiger partial charge is 0.493 e. The molecule has 0 radical (unpaired) electrons. The van der Waals surface area contributed by atoms with E-state index in [1.807, 2.05) is 0 Å². The van der Waals surface area contributed by atoms with E-state index in [1.54, 1.807) is 0 Å². The molecule has 3 heteroatoms. The topological polar surface area (TPSA) is 35.2 Å². The molecule has 1 aliphatic rings. The summed E-state index contributed by atoms with van der Waals surface area (Å²) in [6.07, 6.45) is 4.26. The zero-order chi connectivity index (χ0) is 13.2. The Morgan fingerprint density at radius 1 is 1.33 bits per heavy atom. The van der Waals surface area contributed by atoms with Gasteiger partial charge in [0.2, 0.25) is 0 Å². The van der Waals surface area contributed by atoms with Crippen LogP contribution in [0.4, 0.5) is 0 Å². The van der Waals surface area contributed by atoms with Crippen LogP contribution in [-0.2, 0) is 12.8 Å². The molecule has 1 heterocycles. The van der Waals surface area contributed by atoms with Gasteiger partial charge in [-0.15, -0.1) is 0 Å². The number of hydrogen-bond donors (Lipinski definition) is 1. The van der Waals surface area contributed by atoms with Gasteiger partial charge in [0.1, 0.15) is 5.75 Å². The average molecular weight is 312 g/mol. The third kappa shape index (κ3) is 2.57. The molecule has 1 aromatic rings. The van der Waals surface area contributed by atoms with Gasteiger partial charge in [0.15, 0.2) is 0 Å². The predicted octanol–water partition coefficient (Wildman–Crippen LogP) is 3.69. The number of fused-ring (bicyclic) bond motifs is 1. The van der Waals surface area contributed by atoms with Gasteiger partial charge < -0.3 is 10.5 Å². The normalized spacial score (nSPS) is 14.4. The molecule has 1 aromatic carbocycles. The van der Waals surface area contributed by atoms with E-state index in [9.17, 15) is 0 Å². The molecule has 2 N–H and O–H groups in total. The lowest BCUT2D eigenvalue weighted by molar-refractivity contribution is 0.265. The lowest BCUT2D eigenvalue weighted by Gasteiger charge is -2.31. The number of nitrogens with two attached hydrogens (primary N) is 1. The molecule has 100 valence electrons. The van der Waals surface area contributed by atoms with Gasteiger partial charge in [-0.25, -0.2) is 0 Å². The zero-order valence-electron chi connectivity index (χ0n) is 11.3. The fourth-order valence-corrected chi connectivity index (χ4v) is 3.29. The summed E-state index contributed by atoms with van der Waals surface area (Å²) in [6, 6.07) is 4.37. The lowest BCUT2D eigenvalue weighted by Crippen LogP contribution is -2.31. The second-order valence-corrected chi connectivity index (χ2v) is 6.16. The van der Waals surface area contributed by atoms with Gasteiger partial charge in [0.25, 0.3) is 0 Å². The number of rotatable bonds is 5. The summed E-state index contributed by atoms with van der Waals surface area (Å²) >= 11 is 3.60. The van der Waals surface area contributed by atoms with Crippen molar-refractivity contribution in [2.24, 2.45) is 11.1 Å². The quantitative estimate of drug-likeness (QED) is 0.900. The third-order valence-corrected chi connectivity index (χ3v) is 4.78. The van der Waals surface area contributed by atoms with E-state index in [-0.39, 0.29) is 5.41 Å². The highest BCUT2D eigenvalue weighted by Crippen LogP contribution is 2.38. The second-order valence-electron chi connectivity index (χ2n) is 5.24. The molecule has 0 aliphatic carbocycles. The van der Waals surface area contributed by atoms with Crippen LogP contribution >= 0.6 is 15.9 Å². The first kappa shape index (κ1) is 13.9. The Hall–Kier alpha value is -0.540. The molecule has 0 aromatic heterocycles. The van der Waals surface area contributed by atoms with Crippen molar-refractivity contribution in [2.75, 3.05) is 13.2 Å². The Balaban J connectivity index is 2.34. The molecule has 0 spiro atoms. The van der Waals surface area contributed by atoms with Crippen molar-refractivity contribution in [1.82, 2.24) is 0 Å². The minimum atomic E-state index is 0.209. The first-order chi connectivity index (χ1) is 8.64. The molecular formula is C15H22BrNO. The molecular weight excluding hydrogens is 290 g/mol. The summed E-state index contributed by atoms with van der Waals surface area (Å²) in [4.78, 5) is 0. The van der Waals surface area contributed by atoms with E-state index in [0.717, 1.165) is 49.1 Å².